The van der Waals surface area contributed by atoms with Crippen molar-refractivity contribution in [2.24, 2.45) is 7.05 Å². The number of nitrogens with zero attached hydrogens (tertiary/aromatic N) is 3. The molecule has 0 aromatic carbocycles. The van der Waals surface area contributed by atoms with E-state index in [-0.39, 0.29) is 11.6 Å². The van der Waals surface area contributed by atoms with Crippen molar-refractivity contribution in [3.8, 4) is 0 Å². The van der Waals surface area contributed by atoms with Crippen molar-refractivity contribution in [1.82, 2.24) is 9.78 Å². The van der Waals surface area contributed by atoms with Gasteiger partial charge in [-0.2, -0.15) is 5.10 Å². The molecule has 1 aromatic heterocycles. The zero-order chi connectivity index (χ0) is 13.2. The standard InChI is InChI=1S/C12H19N3O2/c1-6-7-15(8(2)3)11-10(12(16)17)9(4)13-14(11)5/h6,8H,1,7H2,2-5H3,(H,16,17). The maximum atomic E-state index is 11.3. The first-order valence-electron chi connectivity index (χ1n) is 5.54. The number of carboxylic acids is 1. The maximum absolute atomic E-state index is 11.3. The van der Waals surface area contributed by atoms with Crippen molar-refractivity contribution in [3.63, 3.8) is 0 Å². The Morgan fingerprint density at radius 1 is 1.65 bits per heavy atom. The third kappa shape index (κ3) is 2.49. The van der Waals surface area contributed by atoms with E-state index in [0.29, 0.717) is 18.1 Å². The van der Waals surface area contributed by atoms with E-state index in [0.717, 1.165) is 0 Å². The van der Waals surface area contributed by atoms with Crippen LogP contribution in [0.25, 0.3) is 0 Å². The van der Waals surface area contributed by atoms with Crippen molar-refractivity contribution in [2.75, 3.05) is 11.4 Å². The molecule has 0 saturated carbocycles. The Labute approximate surface area is 101 Å². The van der Waals surface area contributed by atoms with Crippen LogP contribution in [0, 0.1) is 6.92 Å². The van der Waals surface area contributed by atoms with Crippen LogP contribution in [-0.4, -0.2) is 33.4 Å². The summed E-state index contributed by atoms with van der Waals surface area (Å²) in [4.78, 5) is 13.3. The van der Waals surface area contributed by atoms with Gasteiger partial charge in [-0.25, -0.2) is 4.79 Å². The van der Waals surface area contributed by atoms with Gasteiger partial charge in [0.15, 0.2) is 0 Å². The van der Waals surface area contributed by atoms with Gasteiger partial charge < -0.3 is 10.0 Å². The van der Waals surface area contributed by atoms with Crippen LogP contribution < -0.4 is 4.90 Å². The predicted molar refractivity (Wildman–Crippen MR) is 67.6 cm³/mol. The third-order valence-electron chi connectivity index (χ3n) is 2.63. The first-order chi connectivity index (χ1) is 7.90. The topological polar surface area (TPSA) is 58.4 Å². The lowest BCUT2D eigenvalue weighted by Gasteiger charge is -2.27. The summed E-state index contributed by atoms with van der Waals surface area (Å²) >= 11 is 0. The molecule has 1 aromatic rings. The fourth-order valence-electron chi connectivity index (χ4n) is 1.91. The lowest BCUT2D eigenvalue weighted by atomic mass is 10.2. The number of carboxylic acid groups (broad SMARTS) is 1. The maximum Gasteiger partial charge on any atom is 0.341 e. The van der Waals surface area contributed by atoms with Gasteiger partial charge in [-0.3, -0.25) is 4.68 Å². The highest BCUT2D eigenvalue weighted by atomic mass is 16.4. The molecule has 0 aliphatic carbocycles. The molecular weight excluding hydrogens is 218 g/mol. The normalized spacial score (nSPS) is 10.6. The fourth-order valence-corrected chi connectivity index (χ4v) is 1.91. The van der Waals surface area contributed by atoms with Gasteiger partial charge in [0.1, 0.15) is 11.4 Å². The Hall–Kier alpha value is -1.78. The van der Waals surface area contributed by atoms with Crippen molar-refractivity contribution in [1.29, 1.82) is 0 Å². The van der Waals surface area contributed by atoms with E-state index in [4.69, 9.17) is 0 Å². The molecule has 17 heavy (non-hydrogen) atoms. The largest absolute Gasteiger partial charge is 0.477 e. The smallest absolute Gasteiger partial charge is 0.341 e. The molecular formula is C12H19N3O2. The summed E-state index contributed by atoms with van der Waals surface area (Å²) in [6.45, 7) is 10.0. The van der Waals surface area contributed by atoms with E-state index in [9.17, 15) is 9.90 Å². The molecule has 0 bridgehead atoms. The van der Waals surface area contributed by atoms with Gasteiger partial charge in [0.25, 0.3) is 0 Å². The second-order valence-corrected chi connectivity index (χ2v) is 4.25. The van der Waals surface area contributed by atoms with Crippen molar-refractivity contribution >= 4 is 11.8 Å². The summed E-state index contributed by atoms with van der Waals surface area (Å²) in [5.41, 5.74) is 0.799. The summed E-state index contributed by atoms with van der Waals surface area (Å²) in [6, 6.07) is 0.181. The number of hydrogen-bond acceptors (Lipinski definition) is 3. The molecule has 0 atom stereocenters. The van der Waals surface area contributed by atoms with Crippen LogP contribution in [0.1, 0.15) is 29.9 Å². The minimum Gasteiger partial charge on any atom is -0.477 e. The molecule has 0 unspecified atom stereocenters. The first kappa shape index (κ1) is 13.3. The molecule has 0 saturated heterocycles. The number of anilines is 1. The summed E-state index contributed by atoms with van der Waals surface area (Å²) in [6.07, 6.45) is 1.76. The summed E-state index contributed by atoms with van der Waals surface area (Å²) in [5, 5.41) is 13.4. The van der Waals surface area contributed by atoms with Crippen LogP contribution in [0.4, 0.5) is 5.82 Å². The summed E-state index contributed by atoms with van der Waals surface area (Å²) in [5.74, 6) is -0.315. The van der Waals surface area contributed by atoms with Crippen LogP contribution in [0.3, 0.4) is 0 Å². The lowest BCUT2D eigenvalue weighted by molar-refractivity contribution is 0.0696. The van der Waals surface area contributed by atoms with Gasteiger partial charge >= 0.3 is 5.97 Å². The molecule has 0 aliphatic rings. The molecule has 0 amide bonds. The fraction of sp³-hybridized carbons (Fsp3) is 0.500. The van der Waals surface area contributed by atoms with Gasteiger partial charge in [-0.15, -0.1) is 6.58 Å². The van der Waals surface area contributed by atoms with Gasteiger partial charge in [-0.05, 0) is 20.8 Å². The molecule has 5 nitrogen and oxygen atoms in total. The number of carbonyl (C=O) groups is 1. The third-order valence-corrected chi connectivity index (χ3v) is 2.63. The Morgan fingerprint density at radius 2 is 2.24 bits per heavy atom. The first-order valence-corrected chi connectivity index (χ1v) is 5.54. The minimum absolute atomic E-state index is 0.181. The molecule has 1 rings (SSSR count). The van der Waals surface area contributed by atoms with Crippen molar-refractivity contribution in [2.45, 2.75) is 26.8 Å². The Morgan fingerprint density at radius 3 is 2.65 bits per heavy atom. The minimum atomic E-state index is -0.944. The second kappa shape index (κ2) is 5.03. The number of hydrogen-bond donors (Lipinski definition) is 1. The molecule has 5 heteroatoms. The SMILES string of the molecule is C=CCN(c1c(C(=O)O)c(C)nn1C)C(C)C. The van der Waals surface area contributed by atoms with Crippen LogP contribution >= 0.6 is 0 Å². The monoisotopic (exact) mass is 237 g/mol. The lowest BCUT2D eigenvalue weighted by Crippen LogP contribution is -2.33. The van der Waals surface area contributed by atoms with Gasteiger partial charge in [0, 0.05) is 19.6 Å². The van der Waals surface area contributed by atoms with E-state index in [1.54, 1.807) is 24.7 Å². The molecule has 0 radical (unpaired) electrons. The summed E-state index contributed by atoms with van der Waals surface area (Å²) in [7, 11) is 1.76. The van der Waals surface area contributed by atoms with E-state index in [1.807, 2.05) is 18.7 Å². The highest BCUT2D eigenvalue weighted by Crippen LogP contribution is 2.24. The molecule has 94 valence electrons. The van der Waals surface area contributed by atoms with Gasteiger partial charge in [0.2, 0.25) is 0 Å². The Kier molecular flexibility index (Phi) is 3.93. The predicted octanol–water partition coefficient (Wildman–Crippen LogP) is 1.83. The highest BCUT2D eigenvalue weighted by molar-refractivity contribution is 5.95. The molecule has 1 N–H and O–H groups in total. The number of rotatable bonds is 5. The molecule has 0 fully saturated rings. The number of aryl methyl sites for hydroxylation is 2. The second-order valence-electron chi connectivity index (χ2n) is 4.25. The number of aromatic nitrogens is 2. The van der Waals surface area contributed by atoms with E-state index < -0.39 is 5.97 Å². The van der Waals surface area contributed by atoms with E-state index in [2.05, 4.69) is 11.7 Å². The number of aromatic carboxylic acids is 1. The average molecular weight is 237 g/mol. The average Bonchev–Trinajstić information content (AvgIpc) is 2.49. The van der Waals surface area contributed by atoms with Crippen molar-refractivity contribution < 1.29 is 9.90 Å². The van der Waals surface area contributed by atoms with Crippen molar-refractivity contribution in [3.05, 3.63) is 23.9 Å². The summed E-state index contributed by atoms with van der Waals surface area (Å²) < 4.78 is 1.61. The Balaban J connectivity index is 3.35. The van der Waals surface area contributed by atoms with E-state index in [1.165, 1.54) is 0 Å². The highest BCUT2D eigenvalue weighted by Gasteiger charge is 2.24. The van der Waals surface area contributed by atoms with E-state index >= 15 is 0 Å². The quantitative estimate of drug-likeness (QED) is 0.794. The van der Waals surface area contributed by atoms with Gasteiger partial charge in [-0.1, -0.05) is 6.08 Å². The molecule has 1 heterocycles. The van der Waals surface area contributed by atoms with Crippen LogP contribution in [0.5, 0.6) is 0 Å². The zero-order valence-corrected chi connectivity index (χ0v) is 10.8. The Bertz CT molecular complexity index is 435. The zero-order valence-electron chi connectivity index (χ0n) is 10.8. The molecule has 0 aliphatic heterocycles. The molecule has 0 spiro atoms. The van der Waals surface area contributed by atoms with Gasteiger partial charge in [0.05, 0.1) is 5.69 Å². The van der Waals surface area contributed by atoms with Crippen LogP contribution in [-0.2, 0) is 7.05 Å². The van der Waals surface area contributed by atoms with Crippen LogP contribution in [0.2, 0.25) is 0 Å². The van der Waals surface area contributed by atoms with Crippen LogP contribution in [0.15, 0.2) is 12.7 Å².